The molecule has 0 aromatic heterocycles. The van der Waals surface area contributed by atoms with Gasteiger partial charge in [0, 0.05) is 0 Å². The molecular formula is C3H9Cl2Si2-. The Morgan fingerprint density at radius 3 is 1.29 bits per heavy atom. The number of hydrogen-bond acceptors (Lipinski definition) is 0. The van der Waals surface area contributed by atoms with Crippen LogP contribution in [0.2, 0.25) is 19.6 Å². The van der Waals surface area contributed by atoms with Crippen LogP contribution >= 0.6 is 22.2 Å². The molecule has 0 bridgehead atoms. The molecule has 0 aliphatic carbocycles. The lowest BCUT2D eigenvalue weighted by molar-refractivity contribution is 1.86. The molecule has 0 spiro atoms. The van der Waals surface area contributed by atoms with Crippen LogP contribution in [0.15, 0.2) is 0 Å². The van der Waals surface area contributed by atoms with E-state index in [9.17, 15) is 0 Å². The first-order valence-electron chi connectivity index (χ1n) is 2.13. The molecule has 0 unspecified atom stereocenters. The van der Waals surface area contributed by atoms with Gasteiger partial charge in [-0.1, -0.05) is 34.2 Å². The lowest BCUT2D eigenvalue weighted by atomic mass is 11.8. The molecule has 0 amide bonds. The van der Waals surface area contributed by atoms with Gasteiger partial charge >= 0.3 is 0 Å². The number of hydrogen-bond donors (Lipinski definition) is 0. The van der Waals surface area contributed by atoms with E-state index in [4.69, 9.17) is 22.2 Å². The van der Waals surface area contributed by atoms with E-state index < -0.39 is 14.5 Å². The second kappa shape index (κ2) is 2.53. The van der Waals surface area contributed by atoms with E-state index in [-0.39, 0.29) is 0 Å². The molecule has 0 nitrogen and oxygen atoms in total. The fraction of sp³-hybridized carbons (Fsp3) is 1.00. The summed E-state index contributed by atoms with van der Waals surface area (Å²) in [6.45, 7) is 5.58. The Morgan fingerprint density at radius 1 is 1.14 bits per heavy atom. The highest BCUT2D eigenvalue weighted by Crippen LogP contribution is 2.12. The molecule has 0 aliphatic rings. The summed E-state index contributed by atoms with van der Waals surface area (Å²) in [6.07, 6.45) is 0. The SMILES string of the molecule is C[Si](C)(C)[Si-](Cl)Cl. The molecule has 0 aromatic carbocycles. The van der Waals surface area contributed by atoms with Crippen LogP contribution in [0.3, 0.4) is 0 Å². The van der Waals surface area contributed by atoms with Gasteiger partial charge in [0.15, 0.2) is 0 Å². The standard InChI is InChI=1S/C3H9Cl2Si2/c1-7(2,3)6(4)5/h1-3H3/q-1. The quantitative estimate of drug-likeness (QED) is 0.420. The molecule has 0 rings (SSSR count). The maximum Gasteiger partial charge on any atom is -0.0550 e. The van der Waals surface area contributed by atoms with Crippen LogP contribution in [0.4, 0.5) is 0 Å². The van der Waals surface area contributed by atoms with Crippen molar-refractivity contribution < 1.29 is 0 Å². The van der Waals surface area contributed by atoms with Crippen molar-refractivity contribution in [3.63, 3.8) is 0 Å². The van der Waals surface area contributed by atoms with Crippen molar-refractivity contribution in [1.82, 2.24) is 0 Å². The van der Waals surface area contributed by atoms with Gasteiger partial charge in [-0.25, -0.2) is 0 Å². The Hall–Kier alpha value is 1.01. The van der Waals surface area contributed by atoms with Gasteiger partial charge in [-0.2, -0.15) is 0 Å². The first kappa shape index (κ1) is 8.01. The predicted molar refractivity (Wildman–Crippen MR) is 40.8 cm³/mol. The second-order valence-corrected chi connectivity index (χ2v) is 18.3. The van der Waals surface area contributed by atoms with E-state index in [1.54, 1.807) is 0 Å². The van der Waals surface area contributed by atoms with E-state index in [0.717, 1.165) is 0 Å². The topological polar surface area (TPSA) is 0 Å². The highest BCUT2D eigenvalue weighted by molar-refractivity contribution is 7.65. The summed E-state index contributed by atoms with van der Waals surface area (Å²) < 4.78 is 0. The van der Waals surface area contributed by atoms with Crippen LogP contribution in [-0.4, -0.2) is 14.5 Å². The van der Waals surface area contributed by atoms with Gasteiger partial charge in [-0.05, 0) is 0 Å². The molecule has 0 aromatic rings. The van der Waals surface area contributed by atoms with Crippen molar-refractivity contribution in [2.75, 3.05) is 0 Å². The average Bonchev–Trinajstić information content (AvgIpc) is 1.31. The molecular weight excluding hydrogens is 163 g/mol. The van der Waals surface area contributed by atoms with Crippen LogP contribution < -0.4 is 0 Å². The molecule has 0 atom stereocenters. The van der Waals surface area contributed by atoms with Crippen LogP contribution in [0.5, 0.6) is 0 Å². The third kappa shape index (κ3) is 3.58. The van der Waals surface area contributed by atoms with Gasteiger partial charge in [-0.3, -0.25) is 0 Å². The van der Waals surface area contributed by atoms with E-state index in [1.165, 1.54) is 0 Å². The largest absolute Gasteiger partial charge is 0.371 e. The van der Waals surface area contributed by atoms with E-state index in [1.807, 2.05) is 0 Å². The van der Waals surface area contributed by atoms with Crippen LogP contribution in [0.1, 0.15) is 0 Å². The van der Waals surface area contributed by atoms with Gasteiger partial charge < -0.3 is 22.2 Å². The lowest BCUT2D eigenvalue weighted by Gasteiger charge is -2.28. The fourth-order valence-electron chi connectivity index (χ4n) is 0. The third-order valence-corrected chi connectivity index (χ3v) is 15.3. The first-order valence-corrected chi connectivity index (χ1v) is 10.2. The summed E-state index contributed by atoms with van der Waals surface area (Å²) in [5.41, 5.74) is 0. The highest BCUT2D eigenvalue weighted by Gasteiger charge is 2.08. The summed E-state index contributed by atoms with van der Waals surface area (Å²) in [6, 6.07) is 0. The van der Waals surface area contributed by atoms with Crippen LogP contribution in [0.25, 0.3) is 0 Å². The molecule has 0 radical (unpaired) electrons. The zero-order valence-corrected chi connectivity index (χ0v) is 8.27. The molecule has 4 heteroatoms. The van der Waals surface area contributed by atoms with E-state index >= 15 is 0 Å². The van der Waals surface area contributed by atoms with E-state index in [0.29, 0.717) is 0 Å². The molecule has 7 heavy (non-hydrogen) atoms. The summed E-state index contributed by atoms with van der Waals surface area (Å²) in [4.78, 5) is 0. The minimum absolute atomic E-state index is 0.967. The van der Waals surface area contributed by atoms with Crippen molar-refractivity contribution in [3.05, 3.63) is 0 Å². The zero-order valence-electron chi connectivity index (χ0n) is 4.76. The normalized spacial score (nSPS) is 12.9. The minimum Gasteiger partial charge on any atom is -0.371 e. The van der Waals surface area contributed by atoms with Crippen molar-refractivity contribution in [2.24, 2.45) is 0 Å². The molecule has 0 fully saturated rings. The Balaban J connectivity index is 3.54. The van der Waals surface area contributed by atoms with Crippen molar-refractivity contribution >= 4 is 36.7 Å². The van der Waals surface area contributed by atoms with Gasteiger partial charge in [0.1, 0.15) is 0 Å². The summed E-state index contributed by atoms with van der Waals surface area (Å²) in [5.74, 6) is 0. The monoisotopic (exact) mass is 171 g/mol. The van der Waals surface area contributed by atoms with E-state index in [2.05, 4.69) is 19.6 Å². The van der Waals surface area contributed by atoms with Gasteiger partial charge in [0.05, 0.1) is 0 Å². The van der Waals surface area contributed by atoms with Gasteiger partial charge in [-0.15, -0.1) is 0 Å². The maximum absolute atomic E-state index is 5.68. The summed E-state index contributed by atoms with van der Waals surface area (Å²) >= 11 is 11.4. The Kier molecular flexibility index (Phi) is 2.90. The zero-order chi connectivity index (χ0) is 6.08. The smallest absolute Gasteiger partial charge is 0.0550 e. The highest BCUT2D eigenvalue weighted by atomic mass is 35.7. The van der Waals surface area contributed by atoms with Crippen molar-refractivity contribution in [2.45, 2.75) is 19.6 Å². The third-order valence-electron chi connectivity index (χ3n) is 0.567. The van der Waals surface area contributed by atoms with Crippen LogP contribution in [-0.2, 0) is 0 Å². The van der Waals surface area contributed by atoms with Crippen LogP contribution in [0, 0.1) is 0 Å². The molecule has 44 valence electrons. The minimum atomic E-state index is -1.10. The Morgan fingerprint density at radius 2 is 1.29 bits per heavy atom. The second-order valence-electron chi connectivity index (χ2n) is 2.51. The molecule has 0 N–H and O–H groups in total. The summed E-state index contributed by atoms with van der Waals surface area (Å²) in [5, 5.41) is 0. The first-order chi connectivity index (χ1) is 2.94. The summed E-state index contributed by atoms with van der Waals surface area (Å²) in [7, 11) is -1.10. The predicted octanol–water partition coefficient (Wildman–Crippen LogP) is 2.37. The van der Waals surface area contributed by atoms with Gasteiger partial charge in [0.2, 0.25) is 0 Å². The van der Waals surface area contributed by atoms with Crippen molar-refractivity contribution in [3.8, 4) is 0 Å². The molecule has 0 saturated heterocycles. The maximum atomic E-state index is 5.68. The molecule has 0 aliphatic heterocycles. The molecule has 0 saturated carbocycles. The van der Waals surface area contributed by atoms with Gasteiger partial charge in [0.25, 0.3) is 0 Å². The number of halogens is 2. The Labute approximate surface area is 56.6 Å². The average molecular weight is 172 g/mol. The lowest BCUT2D eigenvalue weighted by Crippen LogP contribution is -2.33. The molecule has 0 heterocycles. The number of rotatable bonds is 1. The van der Waals surface area contributed by atoms with Crippen molar-refractivity contribution in [1.29, 1.82) is 0 Å². The fourth-order valence-corrected chi connectivity index (χ4v) is 0. The Bertz CT molecular complexity index is 56.4.